The molecule has 0 spiro atoms. The van der Waals surface area contributed by atoms with E-state index in [1.54, 1.807) is 11.3 Å². The molecule has 1 fully saturated rings. The van der Waals surface area contributed by atoms with Crippen molar-refractivity contribution in [2.75, 3.05) is 26.2 Å². The molecule has 1 unspecified atom stereocenters. The summed E-state index contributed by atoms with van der Waals surface area (Å²) in [6, 6.07) is 4.01. The third-order valence-electron chi connectivity index (χ3n) is 3.03. The molecule has 1 aliphatic heterocycles. The molecule has 1 saturated heterocycles. The van der Waals surface area contributed by atoms with Crippen LogP contribution >= 0.6 is 38.9 Å². The van der Waals surface area contributed by atoms with Gasteiger partial charge < -0.3 is 4.90 Å². The quantitative estimate of drug-likeness (QED) is 0.782. The molecule has 0 aliphatic carbocycles. The number of nitrogens with zero attached hydrogens (tertiary/aromatic N) is 2. The van der Waals surface area contributed by atoms with Gasteiger partial charge in [-0.15, -0.1) is 11.3 Å². The lowest BCUT2D eigenvalue weighted by atomic mass is 10.2. The summed E-state index contributed by atoms with van der Waals surface area (Å²) < 4.78 is 0.840. The molecule has 1 amide bonds. The van der Waals surface area contributed by atoms with E-state index < -0.39 is 0 Å². The zero-order chi connectivity index (χ0) is 13.1. The van der Waals surface area contributed by atoms with Crippen LogP contribution in [-0.2, 0) is 11.3 Å². The second kappa shape index (κ2) is 6.37. The first-order valence-electron chi connectivity index (χ1n) is 5.95. The lowest BCUT2D eigenvalue weighted by Crippen LogP contribution is -2.49. The Bertz CT molecular complexity index is 416. The van der Waals surface area contributed by atoms with Crippen molar-refractivity contribution < 1.29 is 4.79 Å². The van der Waals surface area contributed by atoms with Crippen LogP contribution in [0.1, 0.15) is 11.8 Å². The van der Waals surface area contributed by atoms with E-state index in [1.165, 1.54) is 4.88 Å². The average molecular weight is 352 g/mol. The van der Waals surface area contributed by atoms with Crippen molar-refractivity contribution in [1.82, 2.24) is 9.80 Å². The van der Waals surface area contributed by atoms with Crippen LogP contribution in [0, 0.1) is 0 Å². The summed E-state index contributed by atoms with van der Waals surface area (Å²) in [6.07, 6.45) is 0. The highest BCUT2D eigenvalue weighted by Gasteiger charge is 2.23. The summed E-state index contributed by atoms with van der Waals surface area (Å²) in [5.74, 6) is 0.189. The van der Waals surface area contributed by atoms with Gasteiger partial charge in [0.2, 0.25) is 5.91 Å². The van der Waals surface area contributed by atoms with Gasteiger partial charge in [-0.05, 0) is 19.1 Å². The molecule has 1 aliphatic rings. The average Bonchev–Trinajstić information content (AvgIpc) is 2.75. The Morgan fingerprint density at radius 1 is 1.44 bits per heavy atom. The zero-order valence-corrected chi connectivity index (χ0v) is 13.4. The van der Waals surface area contributed by atoms with Crippen LogP contribution < -0.4 is 0 Å². The largest absolute Gasteiger partial charge is 0.339 e. The molecule has 0 N–H and O–H groups in total. The predicted octanol–water partition coefficient (Wildman–Crippen LogP) is 2.83. The number of carbonyl (C=O) groups is 1. The third-order valence-corrected chi connectivity index (χ3v) is 4.64. The minimum absolute atomic E-state index is 0.0832. The monoisotopic (exact) mass is 350 g/mol. The maximum atomic E-state index is 11.8. The fourth-order valence-corrected chi connectivity index (χ4v) is 3.45. The number of hydrogen-bond acceptors (Lipinski definition) is 3. The Balaban J connectivity index is 1.82. The summed E-state index contributed by atoms with van der Waals surface area (Å²) in [7, 11) is 0. The van der Waals surface area contributed by atoms with Crippen LogP contribution in [0.2, 0.25) is 4.34 Å². The van der Waals surface area contributed by atoms with Gasteiger partial charge in [0.25, 0.3) is 0 Å². The SMILES string of the molecule is CC(Br)C(=O)N1CCN(Cc2ccc(Cl)s2)CC1. The molecule has 1 atom stereocenters. The van der Waals surface area contributed by atoms with Gasteiger partial charge in [0, 0.05) is 37.6 Å². The first-order chi connectivity index (χ1) is 8.56. The molecule has 2 heterocycles. The summed E-state index contributed by atoms with van der Waals surface area (Å²) in [5, 5.41) is 0. The zero-order valence-electron chi connectivity index (χ0n) is 10.2. The van der Waals surface area contributed by atoms with Crippen molar-refractivity contribution in [2.24, 2.45) is 0 Å². The highest BCUT2D eigenvalue weighted by molar-refractivity contribution is 9.10. The van der Waals surface area contributed by atoms with E-state index >= 15 is 0 Å². The Morgan fingerprint density at radius 3 is 2.61 bits per heavy atom. The van der Waals surface area contributed by atoms with Crippen LogP contribution in [0.5, 0.6) is 0 Å². The van der Waals surface area contributed by atoms with Gasteiger partial charge in [0.05, 0.1) is 9.16 Å². The molecular weight excluding hydrogens is 336 g/mol. The lowest BCUT2D eigenvalue weighted by Gasteiger charge is -2.35. The molecule has 1 aromatic heterocycles. The van der Waals surface area contributed by atoms with Gasteiger partial charge >= 0.3 is 0 Å². The maximum Gasteiger partial charge on any atom is 0.236 e. The topological polar surface area (TPSA) is 23.6 Å². The highest BCUT2D eigenvalue weighted by atomic mass is 79.9. The van der Waals surface area contributed by atoms with Crippen LogP contribution in [0.25, 0.3) is 0 Å². The molecule has 0 aromatic carbocycles. The minimum Gasteiger partial charge on any atom is -0.339 e. The van der Waals surface area contributed by atoms with Crippen molar-refractivity contribution >= 4 is 44.8 Å². The third kappa shape index (κ3) is 3.70. The fourth-order valence-electron chi connectivity index (χ4n) is 2.04. The summed E-state index contributed by atoms with van der Waals surface area (Å²) in [4.78, 5) is 17.3. The van der Waals surface area contributed by atoms with E-state index in [0.29, 0.717) is 0 Å². The first kappa shape index (κ1) is 14.3. The van der Waals surface area contributed by atoms with E-state index in [-0.39, 0.29) is 10.7 Å². The Hall–Kier alpha value is -0.100. The van der Waals surface area contributed by atoms with E-state index in [4.69, 9.17) is 11.6 Å². The fraction of sp³-hybridized carbons (Fsp3) is 0.583. The first-order valence-corrected chi connectivity index (χ1v) is 8.06. The van der Waals surface area contributed by atoms with Crippen LogP contribution in [0.4, 0.5) is 0 Å². The molecule has 0 bridgehead atoms. The summed E-state index contributed by atoms with van der Waals surface area (Å²) >= 11 is 10.9. The Kier molecular flexibility index (Phi) is 5.06. The molecule has 1 aromatic rings. The van der Waals surface area contributed by atoms with Gasteiger partial charge in [-0.2, -0.15) is 0 Å². The molecular formula is C12H16BrClN2OS. The molecule has 0 saturated carbocycles. The Morgan fingerprint density at radius 2 is 2.11 bits per heavy atom. The van der Waals surface area contributed by atoms with Crippen LogP contribution in [0.15, 0.2) is 12.1 Å². The van der Waals surface area contributed by atoms with Crippen molar-refractivity contribution in [3.05, 3.63) is 21.3 Å². The number of thiophene rings is 1. The number of halogens is 2. The summed E-state index contributed by atoms with van der Waals surface area (Å²) in [6.45, 7) is 6.30. The van der Waals surface area contributed by atoms with Crippen LogP contribution in [0.3, 0.4) is 0 Å². The number of carbonyl (C=O) groups excluding carboxylic acids is 1. The molecule has 100 valence electrons. The highest BCUT2D eigenvalue weighted by Crippen LogP contribution is 2.23. The molecule has 6 heteroatoms. The van der Waals surface area contributed by atoms with E-state index in [0.717, 1.165) is 37.1 Å². The van der Waals surface area contributed by atoms with Gasteiger partial charge in [-0.1, -0.05) is 27.5 Å². The van der Waals surface area contributed by atoms with E-state index in [1.807, 2.05) is 17.9 Å². The second-order valence-corrected chi connectivity index (χ2v) is 7.60. The normalized spacial score (nSPS) is 18.9. The van der Waals surface area contributed by atoms with Crippen molar-refractivity contribution in [1.29, 1.82) is 0 Å². The Labute approximate surface area is 125 Å². The van der Waals surface area contributed by atoms with Crippen molar-refractivity contribution in [2.45, 2.75) is 18.3 Å². The van der Waals surface area contributed by atoms with Crippen molar-refractivity contribution in [3.8, 4) is 0 Å². The molecule has 2 rings (SSSR count). The van der Waals surface area contributed by atoms with Gasteiger partial charge in [0.1, 0.15) is 0 Å². The number of rotatable bonds is 3. The standard InChI is InChI=1S/C12H16BrClN2OS/c1-9(13)12(17)16-6-4-15(5-7-16)8-10-2-3-11(14)18-10/h2-3,9H,4-8H2,1H3. The van der Waals surface area contributed by atoms with Gasteiger partial charge in [-0.25, -0.2) is 0 Å². The number of piperazine rings is 1. The van der Waals surface area contributed by atoms with Gasteiger partial charge in [0.15, 0.2) is 0 Å². The van der Waals surface area contributed by atoms with E-state index in [9.17, 15) is 4.79 Å². The second-order valence-electron chi connectivity index (χ2n) is 4.42. The van der Waals surface area contributed by atoms with Crippen molar-refractivity contribution in [3.63, 3.8) is 0 Å². The number of hydrogen-bond donors (Lipinski definition) is 0. The molecule has 3 nitrogen and oxygen atoms in total. The van der Waals surface area contributed by atoms with Gasteiger partial charge in [-0.3, -0.25) is 9.69 Å². The lowest BCUT2D eigenvalue weighted by molar-refractivity contribution is -0.131. The minimum atomic E-state index is -0.0832. The number of alkyl halides is 1. The summed E-state index contributed by atoms with van der Waals surface area (Å²) in [5.41, 5.74) is 0. The van der Waals surface area contributed by atoms with Crippen LogP contribution in [-0.4, -0.2) is 46.7 Å². The predicted molar refractivity (Wildman–Crippen MR) is 79.6 cm³/mol. The van der Waals surface area contributed by atoms with E-state index in [2.05, 4.69) is 26.9 Å². The molecule has 18 heavy (non-hydrogen) atoms. The maximum absolute atomic E-state index is 11.8. The smallest absolute Gasteiger partial charge is 0.236 e. The number of amides is 1. The molecule has 0 radical (unpaired) electrons.